The van der Waals surface area contributed by atoms with Gasteiger partial charge in [-0.25, -0.2) is 14.8 Å². The van der Waals surface area contributed by atoms with Crippen LogP contribution in [0.1, 0.15) is 19.4 Å². The first-order valence-electron chi connectivity index (χ1n) is 9.24. The third-order valence-electron chi connectivity index (χ3n) is 4.43. The number of carbonyl (C=O) groups is 2. The fraction of sp³-hybridized carbons (Fsp3) is 0.368. The fourth-order valence-electron chi connectivity index (χ4n) is 2.63. The molecule has 0 aliphatic heterocycles. The van der Waals surface area contributed by atoms with Crippen molar-refractivity contribution < 1.29 is 13.8 Å². The summed E-state index contributed by atoms with van der Waals surface area (Å²) < 4.78 is 12.3. The number of carbonyl (C=O) groups excluding carboxylic acids is 2. The van der Waals surface area contributed by atoms with Crippen molar-refractivity contribution in [3.63, 3.8) is 0 Å². The maximum atomic E-state index is 12.7. The molecule has 11 heteroatoms. The van der Waals surface area contributed by atoms with E-state index in [0.717, 1.165) is 5.56 Å². The van der Waals surface area contributed by atoms with E-state index in [1.54, 1.807) is 38.2 Å². The number of nitrogens with two attached hydrogens (primary N) is 1. The first-order chi connectivity index (χ1) is 14.2. The third-order valence-corrected chi connectivity index (χ3v) is 5.79. The second kappa shape index (κ2) is 10.4. The molecule has 0 bridgehead atoms. The molecule has 2 N–H and O–H groups in total. The SMILES string of the molecule is CCN(C)C(=O)N(C)c1c(N)nc([S@@](=O)CC)nc1N(C=O)Cc1ccc(Cl)cc1. The lowest BCUT2D eigenvalue weighted by Crippen LogP contribution is -2.40. The van der Waals surface area contributed by atoms with E-state index in [0.29, 0.717) is 18.0 Å². The number of hydrogen-bond acceptors (Lipinski definition) is 6. The molecule has 9 nitrogen and oxygen atoms in total. The zero-order chi connectivity index (χ0) is 22.4. The summed E-state index contributed by atoms with van der Waals surface area (Å²) in [6.07, 6.45) is 0.584. The van der Waals surface area contributed by atoms with Crippen molar-refractivity contribution in [2.45, 2.75) is 25.5 Å². The van der Waals surface area contributed by atoms with Crippen LogP contribution in [0.3, 0.4) is 0 Å². The van der Waals surface area contributed by atoms with E-state index < -0.39 is 10.8 Å². The van der Waals surface area contributed by atoms with Crippen LogP contribution >= 0.6 is 11.6 Å². The summed E-state index contributed by atoms with van der Waals surface area (Å²) >= 11 is 5.93. The van der Waals surface area contributed by atoms with Gasteiger partial charge in [-0.1, -0.05) is 30.7 Å². The molecule has 0 spiro atoms. The van der Waals surface area contributed by atoms with Crippen molar-refractivity contribution in [2.75, 3.05) is 41.9 Å². The summed E-state index contributed by atoms with van der Waals surface area (Å²) in [6, 6.07) is 6.61. The van der Waals surface area contributed by atoms with E-state index in [2.05, 4.69) is 9.97 Å². The predicted octanol–water partition coefficient (Wildman–Crippen LogP) is 2.51. The Balaban J connectivity index is 2.60. The van der Waals surface area contributed by atoms with Crippen molar-refractivity contribution in [2.24, 2.45) is 0 Å². The van der Waals surface area contributed by atoms with Gasteiger partial charge in [0.15, 0.2) is 11.6 Å². The zero-order valence-corrected chi connectivity index (χ0v) is 18.9. The molecule has 0 fully saturated rings. The van der Waals surface area contributed by atoms with Crippen LogP contribution in [0.5, 0.6) is 0 Å². The second-order valence-corrected chi connectivity index (χ2v) is 8.48. The van der Waals surface area contributed by atoms with E-state index in [-0.39, 0.29) is 40.8 Å². The number of nitrogen functional groups attached to an aromatic ring is 1. The van der Waals surface area contributed by atoms with Crippen molar-refractivity contribution in [1.82, 2.24) is 14.9 Å². The van der Waals surface area contributed by atoms with Gasteiger partial charge in [0.2, 0.25) is 11.6 Å². The molecule has 0 saturated carbocycles. The molecule has 30 heavy (non-hydrogen) atoms. The smallest absolute Gasteiger partial charge is 0.324 e. The molecule has 2 rings (SSSR count). The summed E-state index contributed by atoms with van der Waals surface area (Å²) in [4.78, 5) is 37.2. The molecule has 0 saturated heterocycles. The molecule has 3 amide bonds. The van der Waals surface area contributed by atoms with Gasteiger partial charge in [0, 0.05) is 31.4 Å². The van der Waals surface area contributed by atoms with E-state index in [1.165, 1.54) is 21.7 Å². The predicted molar refractivity (Wildman–Crippen MR) is 119 cm³/mol. The largest absolute Gasteiger partial charge is 0.382 e. The Bertz CT molecular complexity index is 941. The molecule has 1 aromatic heterocycles. The van der Waals surface area contributed by atoms with Crippen molar-refractivity contribution in [3.8, 4) is 0 Å². The fourth-order valence-corrected chi connectivity index (χ4v) is 3.40. The van der Waals surface area contributed by atoms with Gasteiger partial charge in [0.25, 0.3) is 0 Å². The number of urea groups is 1. The Hall–Kier alpha value is -2.72. The lowest BCUT2D eigenvalue weighted by molar-refractivity contribution is -0.107. The zero-order valence-electron chi connectivity index (χ0n) is 17.3. The summed E-state index contributed by atoms with van der Waals surface area (Å²) in [5, 5.41) is 0.568. The molecule has 2 aromatic rings. The van der Waals surface area contributed by atoms with Crippen molar-refractivity contribution >= 4 is 52.2 Å². The summed E-state index contributed by atoms with van der Waals surface area (Å²) in [5.41, 5.74) is 7.09. The highest BCUT2D eigenvalue weighted by atomic mass is 35.5. The van der Waals surface area contributed by atoms with Crippen molar-refractivity contribution in [1.29, 1.82) is 0 Å². The van der Waals surface area contributed by atoms with Gasteiger partial charge in [-0.05, 0) is 24.6 Å². The molecule has 0 unspecified atom stereocenters. The minimum Gasteiger partial charge on any atom is -0.382 e. The van der Waals surface area contributed by atoms with Crippen LogP contribution in [-0.2, 0) is 22.1 Å². The van der Waals surface area contributed by atoms with Crippen LogP contribution in [0, 0.1) is 0 Å². The average Bonchev–Trinajstić information content (AvgIpc) is 2.75. The molecule has 1 atom stereocenters. The van der Waals surface area contributed by atoms with Crippen LogP contribution in [0.4, 0.5) is 22.1 Å². The molecule has 0 aliphatic rings. The average molecular weight is 453 g/mol. The number of amides is 3. The van der Waals surface area contributed by atoms with Crippen LogP contribution < -0.4 is 15.5 Å². The van der Waals surface area contributed by atoms with Gasteiger partial charge in [0.05, 0.1) is 17.3 Å². The molecular formula is C19H25ClN6O3S. The lowest BCUT2D eigenvalue weighted by atomic mass is 10.2. The van der Waals surface area contributed by atoms with E-state index in [4.69, 9.17) is 17.3 Å². The Labute approximate surface area is 183 Å². The normalized spacial score (nSPS) is 11.6. The number of rotatable bonds is 8. The Morgan fingerprint density at radius 3 is 2.37 bits per heavy atom. The number of nitrogens with zero attached hydrogens (tertiary/aromatic N) is 5. The minimum atomic E-state index is -1.50. The van der Waals surface area contributed by atoms with Gasteiger partial charge < -0.3 is 10.6 Å². The van der Waals surface area contributed by atoms with Crippen molar-refractivity contribution in [3.05, 3.63) is 34.9 Å². The summed E-state index contributed by atoms with van der Waals surface area (Å²) in [5.74, 6) is 0.342. The Kier molecular flexibility index (Phi) is 8.13. The molecule has 1 heterocycles. The highest BCUT2D eigenvalue weighted by molar-refractivity contribution is 7.84. The van der Waals surface area contributed by atoms with Gasteiger partial charge in [-0.15, -0.1) is 0 Å². The molecule has 162 valence electrons. The minimum absolute atomic E-state index is 0.00130. The van der Waals surface area contributed by atoms with Gasteiger partial charge in [-0.3, -0.25) is 18.8 Å². The van der Waals surface area contributed by atoms with Crippen LogP contribution in [-0.4, -0.2) is 57.9 Å². The summed E-state index contributed by atoms with van der Waals surface area (Å²) in [7, 11) is 1.67. The molecule has 0 aliphatic carbocycles. The standard InChI is InChI=1S/C19H25ClN6O3S/c1-5-24(3)19(28)25(4)15-16(21)22-18(30(29)6-2)23-17(15)26(12-27)11-13-7-9-14(20)10-8-13/h7-10,12H,5-6,11H2,1-4H3,(H2,21,22,23)/t30-/m0/s1. The number of hydrogen-bond donors (Lipinski definition) is 1. The quantitative estimate of drug-likeness (QED) is 0.486. The topological polar surface area (TPSA) is 113 Å². The van der Waals surface area contributed by atoms with Crippen LogP contribution in [0.15, 0.2) is 29.4 Å². The number of benzene rings is 1. The highest BCUT2D eigenvalue weighted by Crippen LogP contribution is 2.33. The summed E-state index contributed by atoms with van der Waals surface area (Å²) in [6.45, 7) is 4.17. The van der Waals surface area contributed by atoms with E-state index >= 15 is 0 Å². The maximum absolute atomic E-state index is 12.7. The second-order valence-electron chi connectivity index (χ2n) is 6.41. The van der Waals surface area contributed by atoms with Gasteiger partial charge in [0.1, 0.15) is 5.69 Å². The van der Waals surface area contributed by atoms with E-state index in [9.17, 15) is 13.8 Å². The number of aromatic nitrogens is 2. The van der Waals surface area contributed by atoms with Gasteiger partial charge in [-0.2, -0.15) is 0 Å². The molecule has 0 radical (unpaired) electrons. The lowest BCUT2D eigenvalue weighted by Gasteiger charge is -2.28. The van der Waals surface area contributed by atoms with Gasteiger partial charge >= 0.3 is 6.03 Å². The highest BCUT2D eigenvalue weighted by Gasteiger charge is 2.27. The maximum Gasteiger partial charge on any atom is 0.324 e. The van der Waals surface area contributed by atoms with Crippen LogP contribution in [0.25, 0.3) is 0 Å². The first kappa shape index (κ1) is 23.6. The number of halogens is 1. The third kappa shape index (κ3) is 5.25. The monoisotopic (exact) mass is 452 g/mol. The van der Waals surface area contributed by atoms with E-state index in [1.807, 2.05) is 6.92 Å². The molecular weight excluding hydrogens is 428 g/mol. The number of anilines is 3. The first-order valence-corrected chi connectivity index (χ1v) is 10.9. The van der Waals surface area contributed by atoms with Crippen LogP contribution in [0.2, 0.25) is 5.02 Å². The Morgan fingerprint density at radius 1 is 1.20 bits per heavy atom. The molecule has 1 aromatic carbocycles. The Morgan fingerprint density at radius 2 is 1.83 bits per heavy atom.